The molecule has 0 aliphatic heterocycles. The standard InChI is InChI=1S/C16H23N3O.C7H9N.C2H6/c1-4-8-13(5-2)20-11-15-16(18-19-17-15)14-10-7-6-9-12(14)3;1-2-7-3-5-8-6-4-7;1-2/h6-7,9-10,13H,4-5,8,11H2,1-3H3,(H,17,18,19);3-6H,2H2,1H3;1-2H3. The van der Waals surface area contributed by atoms with Crippen LogP contribution in [0.25, 0.3) is 11.3 Å². The van der Waals surface area contributed by atoms with Gasteiger partial charge in [-0.25, -0.2) is 0 Å². The highest BCUT2D eigenvalue weighted by Crippen LogP contribution is 2.24. The number of H-pyrrole nitrogens is 1. The number of aromatic nitrogens is 4. The lowest BCUT2D eigenvalue weighted by atomic mass is 10.0. The van der Waals surface area contributed by atoms with Crippen LogP contribution in [-0.2, 0) is 17.8 Å². The van der Waals surface area contributed by atoms with Gasteiger partial charge >= 0.3 is 0 Å². The lowest BCUT2D eigenvalue weighted by Crippen LogP contribution is -2.11. The third kappa shape index (κ3) is 8.46. The fourth-order valence-electron chi connectivity index (χ4n) is 2.95. The van der Waals surface area contributed by atoms with Gasteiger partial charge < -0.3 is 4.74 Å². The van der Waals surface area contributed by atoms with Gasteiger partial charge in [-0.1, -0.05) is 65.3 Å². The minimum atomic E-state index is 0.307. The molecule has 0 radical (unpaired) electrons. The molecule has 1 unspecified atom stereocenters. The molecule has 0 aliphatic carbocycles. The molecular formula is C25H38N4O. The number of nitrogens with one attached hydrogen (secondary N) is 1. The zero-order valence-electron chi connectivity index (χ0n) is 19.5. The Morgan fingerprint density at radius 2 is 1.67 bits per heavy atom. The Bertz CT molecular complexity index is 802. The normalized spacial score (nSPS) is 11.0. The predicted molar refractivity (Wildman–Crippen MR) is 125 cm³/mol. The van der Waals surface area contributed by atoms with E-state index in [0.29, 0.717) is 12.7 Å². The summed E-state index contributed by atoms with van der Waals surface area (Å²) in [4.78, 5) is 3.89. The van der Waals surface area contributed by atoms with E-state index < -0.39 is 0 Å². The Kier molecular flexibility index (Phi) is 13.0. The third-order valence-electron chi connectivity index (χ3n) is 4.70. The second-order valence-corrected chi connectivity index (χ2v) is 6.77. The summed E-state index contributed by atoms with van der Waals surface area (Å²) in [7, 11) is 0. The lowest BCUT2D eigenvalue weighted by Gasteiger charge is -2.14. The SMILES string of the molecule is CC.CCCC(CC)OCc1n[nH]nc1-c1ccccc1C.CCc1ccncc1. The number of rotatable bonds is 8. The number of pyridine rings is 1. The van der Waals surface area contributed by atoms with Crippen molar-refractivity contribution in [3.63, 3.8) is 0 Å². The smallest absolute Gasteiger partial charge is 0.118 e. The predicted octanol–water partition coefficient (Wildman–Crippen LogP) is 6.55. The van der Waals surface area contributed by atoms with Gasteiger partial charge in [-0.3, -0.25) is 4.98 Å². The van der Waals surface area contributed by atoms with E-state index in [1.54, 1.807) is 0 Å². The highest BCUT2D eigenvalue weighted by atomic mass is 16.5. The average Bonchev–Trinajstić information content (AvgIpc) is 3.27. The first-order valence-corrected chi connectivity index (χ1v) is 11.2. The van der Waals surface area contributed by atoms with Crippen LogP contribution in [0.2, 0.25) is 0 Å². The molecule has 0 saturated carbocycles. The monoisotopic (exact) mass is 410 g/mol. The van der Waals surface area contributed by atoms with E-state index in [0.717, 1.165) is 42.6 Å². The molecule has 5 nitrogen and oxygen atoms in total. The molecule has 0 spiro atoms. The maximum atomic E-state index is 5.96. The van der Waals surface area contributed by atoms with Crippen molar-refractivity contribution in [2.24, 2.45) is 0 Å². The second-order valence-electron chi connectivity index (χ2n) is 6.77. The highest BCUT2D eigenvalue weighted by Gasteiger charge is 2.14. The van der Waals surface area contributed by atoms with Gasteiger partial charge in [0.2, 0.25) is 0 Å². The van der Waals surface area contributed by atoms with E-state index in [9.17, 15) is 0 Å². The van der Waals surface area contributed by atoms with Crippen LogP contribution in [-0.4, -0.2) is 26.5 Å². The molecule has 0 fully saturated rings. The minimum Gasteiger partial charge on any atom is -0.372 e. The average molecular weight is 411 g/mol. The summed E-state index contributed by atoms with van der Waals surface area (Å²) < 4.78 is 5.96. The van der Waals surface area contributed by atoms with Crippen LogP contribution >= 0.6 is 0 Å². The van der Waals surface area contributed by atoms with Crippen LogP contribution in [0.1, 0.15) is 70.7 Å². The van der Waals surface area contributed by atoms with Crippen LogP contribution in [0.15, 0.2) is 48.8 Å². The summed E-state index contributed by atoms with van der Waals surface area (Å²) in [6.45, 7) is 13.1. The molecule has 3 rings (SSSR count). The van der Waals surface area contributed by atoms with Crippen molar-refractivity contribution < 1.29 is 4.74 Å². The van der Waals surface area contributed by atoms with Crippen LogP contribution in [0.4, 0.5) is 0 Å². The molecule has 1 aromatic carbocycles. The Morgan fingerprint density at radius 1 is 0.967 bits per heavy atom. The number of ether oxygens (including phenoxy) is 1. The summed E-state index contributed by atoms with van der Waals surface area (Å²) in [5, 5.41) is 11.2. The van der Waals surface area contributed by atoms with Crippen LogP contribution in [0.5, 0.6) is 0 Å². The van der Waals surface area contributed by atoms with E-state index >= 15 is 0 Å². The molecule has 0 amide bonds. The maximum absolute atomic E-state index is 5.96. The number of aromatic amines is 1. The molecule has 1 atom stereocenters. The minimum absolute atomic E-state index is 0.307. The van der Waals surface area contributed by atoms with E-state index in [4.69, 9.17) is 4.74 Å². The molecule has 30 heavy (non-hydrogen) atoms. The quantitative estimate of drug-likeness (QED) is 0.457. The molecule has 5 heteroatoms. The van der Waals surface area contributed by atoms with Crippen LogP contribution in [0, 0.1) is 6.92 Å². The fraction of sp³-hybridized carbons (Fsp3) is 0.480. The van der Waals surface area contributed by atoms with Crippen molar-refractivity contribution in [2.45, 2.75) is 79.9 Å². The van der Waals surface area contributed by atoms with Gasteiger partial charge in [-0.15, -0.1) is 0 Å². The van der Waals surface area contributed by atoms with Crippen molar-refractivity contribution in [3.05, 3.63) is 65.6 Å². The molecule has 2 heterocycles. The van der Waals surface area contributed by atoms with Crippen LogP contribution < -0.4 is 0 Å². The summed E-state index contributed by atoms with van der Waals surface area (Å²) >= 11 is 0. The molecule has 0 aliphatic rings. The van der Waals surface area contributed by atoms with Crippen LogP contribution in [0.3, 0.4) is 0 Å². The van der Waals surface area contributed by atoms with Gasteiger partial charge in [0.1, 0.15) is 11.4 Å². The van der Waals surface area contributed by atoms with Gasteiger partial charge in [0.05, 0.1) is 12.7 Å². The zero-order valence-corrected chi connectivity index (χ0v) is 19.5. The molecule has 0 saturated heterocycles. The van der Waals surface area contributed by atoms with Gasteiger partial charge in [0, 0.05) is 18.0 Å². The van der Waals surface area contributed by atoms with E-state index in [1.807, 2.05) is 50.5 Å². The van der Waals surface area contributed by atoms with Crippen molar-refractivity contribution in [1.82, 2.24) is 20.4 Å². The summed E-state index contributed by atoms with van der Waals surface area (Å²) in [6.07, 6.45) is 8.31. The number of hydrogen-bond donors (Lipinski definition) is 1. The number of benzene rings is 1. The largest absolute Gasteiger partial charge is 0.372 e. The van der Waals surface area contributed by atoms with E-state index in [-0.39, 0.29) is 0 Å². The molecule has 0 bridgehead atoms. The van der Waals surface area contributed by atoms with Crippen molar-refractivity contribution in [1.29, 1.82) is 0 Å². The van der Waals surface area contributed by atoms with Gasteiger partial charge in [0.15, 0.2) is 0 Å². The molecule has 3 aromatic rings. The van der Waals surface area contributed by atoms with Crippen molar-refractivity contribution >= 4 is 0 Å². The molecule has 2 aromatic heterocycles. The van der Waals surface area contributed by atoms with Gasteiger partial charge in [-0.05, 0) is 49.4 Å². The topological polar surface area (TPSA) is 63.7 Å². The summed E-state index contributed by atoms with van der Waals surface area (Å²) in [5.74, 6) is 0. The van der Waals surface area contributed by atoms with E-state index in [2.05, 4.69) is 60.2 Å². The fourth-order valence-corrected chi connectivity index (χ4v) is 2.95. The van der Waals surface area contributed by atoms with Gasteiger partial charge in [0.25, 0.3) is 0 Å². The Hall–Kier alpha value is -2.53. The highest BCUT2D eigenvalue weighted by molar-refractivity contribution is 5.64. The number of hydrogen-bond acceptors (Lipinski definition) is 4. The molecule has 1 N–H and O–H groups in total. The third-order valence-corrected chi connectivity index (χ3v) is 4.70. The van der Waals surface area contributed by atoms with E-state index in [1.165, 1.54) is 11.1 Å². The summed E-state index contributed by atoms with van der Waals surface area (Å²) in [5.41, 5.74) is 5.44. The number of nitrogens with zero attached hydrogens (tertiary/aromatic N) is 3. The lowest BCUT2D eigenvalue weighted by molar-refractivity contribution is 0.0306. The van der Waals surface area contributed by atoms with Crippen molar-refractivity contribution in [3.8, 4) is 11.3 Å². The Balaban J connectivity index is 0.000000375. The molecular weight excluding hydrogens is 372 g/mol. The first kappa shape index (κ1) is 25.5. The maximum Gasteiger partial charge on any atom is 0.118 e. The van der Waals surface area contributed by atoms with Crippen molar-refractivity contribution in [2.75, 3.05) is 0 Å². The first-order valence-electron chi connectivity index (χ1n) is 11.2. The molecule has 164 valence electrons. The zero-order chi connectivity index (χ0) is 22.2. The number of aryl methyl sites for hydroxylation is 2. The van der Waals surface area contributed by atoms with Gasteiger partial charge in [-0.2, -0.15) is 15.4 Å². The summed E-state index contributed by atoms with van der Waals surface area (Å²) in [6, 6.07) is 12.3. The Labute approximate surface area is 182 Å². The first-order chi connectivity index (χ1) is 14.7. The Morgan fingerprint density at radius 3 is 2.23 bits per heavy atom. The second kappa shape index (κ2) is 15.3.